The molecule has 0 saturated carbocycles. The van der Waals surface area contributed by atoms with Crippen molar-refractivity contribution in [1.29, 1.82) is 0 Å². The SMILES string of the molecule is [Pt+2].[c-]1c(Oc2[c-]c3c(cc2)c2cccnc2n2c4ccccc4nc32)cccc1-n1ccc(-c2ccccc2)n1. The molecule has 4 aromatic carbocycles. The number of hydrogen-bond donors (Lipinski definition) is 0. The van der Waals surface area contributed by atoms with Crippen LogP contribution in [0.15, 0.2) is 116 Å². The Hall–Kier alpha value is -4.80. The molecule has 0 radical (unpaired) electrons. The van der Waals surface area contributed by atoms with Crippen LogP contribution < -0.4 is 4.74 Å². The Morgan fingerprint density at radius 2 is 1.52 bits per heavy atom. The van der Waals surface area contributed by atoms with Gasteiger partial charge in [0.05, 0.1) is 22.4 Å². The molecule has 0 aliphatic carbocycles. The molecule has 4 heterocycles. The first-order chi connectivity index (χ1) is 19.3. The van der Waals surface area contributed by atoms with Gasteiger partial charge in [-0.05, 0) is 35.3 Å². The van der Waals surface area contributed by atoms with Gasteiger partial charge in [0.1, 0.15) is 5.65 Å². The molecule has 4 aromatic heterocycles. The summed E-state index contributed by atoms with van der Waals surface area (Å²) >= 11 is 0. The Morgan fingerprint density at radius 3 is 2.45 bits per heavy atom. The van der Waals surface area contributed by atoms with Crippen molar-refractivity contribution >= 4 is 38.5 Å². The molecular weight excluding hydrogens is 677 g/mol. The predicted octanol–water partition coefficient (Wildman–Crippen LogP) is 7.43. The van der Waals surface area contributed by atoms with Crippen LogP contribution >= 0.6 is 0 Å². The van der Waals surface area contributed by atoms with Crippen LogP contribution in [0.4, 0.5) is 0 Å². The summed E-state index contributed by atoms with van der Waals surface area (Å²) in [7, 11) is 0. The van der Waals surface area contributed by atoms with Crippen LogP contribution in [-0.2, 0) is 21.1 Å². The molecular formula is C33H19N5OPt. The molecule has 8 rings (SSSR count). The van der Waals surface area contributed by atoms with Crippen LogP contribution in [0.25, 0.3) is 55.4 Å². The Bertz CT molecular complexity index is 2170. The molecule has 0 aliphatic rings. The van der Waals surface area contributed by atoms with E-state index in [1.54, 1.807) is 4.68 Å². The number of imidazole rings is 1. The van der Waals surface area contributed by atoms with E-state index >= 15 is 0 Å². The maximum atomic E-state index is 6.27. The van der Waals surface area contributed by atoms with E-state index in [4.69, 9.17) is 19.8 Å². The second-order valence-corrected chi connectivity index (χ2v) is 9.26. The summed E-state index contributed by atoms with van der Waals surface area (Å²) in [5, 5.41) is 7.66. The smallest absolute Gasteiger partial charge is 0.503 e. The van der Waals surface area contributed by atoms with E-state index in [2.05, 4.69) is 28.7 Å². The maximum Gasteiger partial charge on any atom is 2.00 e. The number of ether oxygens (including phenoxy) is 1. The molecule has 0 spiro atoms. The molecule has 0 fully saturated rings. The third-order valence-corrected chi connectivity index (χ3v) is 6.87. The van der Waals surface area contributed by atoms with Gasteiger partial charge in [-0.1, -0.05) is 65.4 Å². The monoisotopic (exact) mass is 696 g/mol. The van der Waals surface area contributed by atoms with Gasteiger partial charge in [-0.15, -0.1) is 30.3 Å². The summed E-state index contributed by atoms with van der Waals surface area (Å²) in [5.74, 6) is 1.16. The van der Waals surface area contributed by atoms with Crippen molar-refractivity contribution in [3.05, 3.63) is 128 Å². The second kappa shape index (κ2) is 9.74. The summed E-state index contributed by atoms with van der Waals surface area (Å²) in [6.07, 6.45) is 3.74. The van der Waals surface area contributed by atoms with Crippen LogP contribution in [0.2, 0.25) is 0 Å². The summed E-state index contributed by atoms with van der Waals surface area (Å²) in [4.78, 5) is 9.64. The van der Waals surface area contributed by atoms with Gasteiger partial charge in [-0.2, -0.15) is 11.2 Å². The first-order valence-electron chi connectivity index (χ1n) is 12.6. The summed E-state index contributed by atoms with van der Waals surface area (Å²) in [5.41, 5.74) is 6.33. The van der Waals surface area contributed by atoms with Gasteiger partial charge < -0.3 is 9.14 Å². The molecule has 40 heavy (non-hydrogen) atoms. The first kappa shape index (κ1) is 24.3. The second-order valence-electron chi connectivity index (χ2n) is 9.26. The van der Waals surface area contributed by atoms with E-state index in [1.807, 2.05) is 103 Å². The van der Waals surface area contributed by atoms with Crippen LogP contribution in [-0.4, -0.2) is 24.1 Å². The van der Waals surface area contributed by atoms with Gasteiger partial charge >= 0.3 is 21.1 Å². The van der Waals surface area contributed by atoms with E-state index in [9.17, 15) is 0 Å². The Labute approximate surface area is 243 Å². The van der Waals surface area contributed by atoms with Gasteiger partial charge in [-0.25, -0.2) is 4.98 Å². The van der Waals surface area contributed by atoms with E-state index < -0.39 is 0 Å². The average Bonchev–Trinajstić information content (AvgIpc) is 3.64. The number of nitrogens with zero attached hydrogens (tertiary/aromatic N) is 5. The maximum absolute atomic E-state index is 6.27. The number of para-hydroxylation sites is 2. The predicted molar refractivity (Wildman–Crippen MR) is 152 cm³/mol. The van der Waals surface area contributed by atoms with Crippen molar-refractivity contribution in [1.82, 2.24) is 24.1 Å². The molecule has 192 valence electrons. The van der Waals surface area contributed by atoms with E-state index in [0.29, 0.717) is 11.5 Å². The summed E-state index contributed by atoms with van der Waals surface area (Å²) in [6.45, 7) is 0. The molecule has 0 bridgehead atoms. The normalized spacial score (nSPS) is 11.3. The number of benzene rings is 4. The Balaban J connectivity index is 0.00000264. The van der Waals surface area contributed by atoms with Gasteiger partial charge in [-0.3, -0.25) is 9.67 Å². The van der Waals surface area contributed by atoms with Crippen LogP contribution in [0.3, 0.4) is 0 Å². The molecule has 7 heteroatoms. The molecule has 8 aromatic rings. The molecule has 0 aliphatic heterocycles. The largest absolute Gasteiger partial charge is 2.00 e. The van der Waals surface area contributed by atoms with E-state index in [0.717, 1.165) is 55.4 Å². The zero-order chi connectivity index (χ0) is 25.8. The van der Waals surface area contributed by atoms with Crippen LogP contribution in [0, 0.1) is 12.1 Å². The molecule has 0 N–H and O–H groups in total. The topological polar surface area (TPSA) is 57.2 Å². The van der Waals surface area contributed by atoms with Crippen molar-refractivity contribution in [2.24, 2.45) is 0 Å². The third kappa shape index (κ3) is 3.96. The molecule has 0 atom stereocenters. The Morgan fingerprint density at radius 1 is 0.675 bits per heavy atom. The van der Waals surface area contributed by atoms with Crippen LogP contribution in [0.5, 0.6) is 11.5 Å². The zero-order valence-corrected chi connectivity index (χ0v) is 23.2. The molecule has 0 saturated heterocycles. The van der Waals surface area contributed by atoms with Crippen molar-refractivity contribution in [3.63, 3.8) is 0 Å². The number of aromatic nitrogens is 5. The molecule has 0 amide bonds. The summed E-state index contributed by atoms with van der Waals surface area (Å²) < 4.78 is 10.2. The fraction of sp³-hybridized carbons (Fsp3) is 0. The number of hydrogen-bond acceptors (Lipinski definition) is 4. The molecule has 6 nitrogen and oxygen atoms in total. The Kier molecular flexibility index (Phi) is 5.91. The standard InChI is InChI=1S/C33H19N5O.Pt/c1-2-8-22(9-3-1)29-17-19-37(36-29)23-10-6-11-24(20-23)39-25-15-16-26-27-12-7-18-34-32(27)38-31-14-5-4-13-30(31)35-33(38)28(26)21-25;/h1-19H;/q-2;+2. The van der Waals surface area contributed by atoms with Crippen LogP contribution in [0.1, 0.15) is 0 Å². The van der Waals surface area contributed by atoms with E-state index in [-0.39, 0.29) is 21.1 Å². The third-order valence-electron chi connectivity index (χ3n) is 6.87. The van der Waals surface area contributed by atoms with Crippen molar-refractivity contribution < 1.29 is 25.8 Å². The van der Waals surface area contributed by atoms with Gasteiger partial charge in [0.2, 0.25) is 0 Å². The van der Waals surface area contributed by atoms with Gasteiger partial charge in [0, 0.05) is 29.5 Å². The van der Waals surface area contributed by atoms with Crippen molar-refractivity contribution in [2.45, 2.75) is 0 Å². The minimum Gasteiger partial charge on any atom is -0.503 e. The number of pyridine rings is 2. The quantitative estimate of drug-likeness (QED) is 0.142. The van der Waals surface area contributed by atoms with Crippen molar-refractivity contribution in [3.8, 4) is 28.4 Å². The average molecular weight is 697 g/mol. The molecule has 0 unspecified atom stereocenters. The number of rotatable bonds is 4. The fourth-order valence-electron chi connectivity index (χ4n) is 5.10. The minimum atomic E-state index is 0. The summed E-state index contributed by atoms with van der Waals surface area (Å²) in [6, 6.07) is 40.8. The minimum absolute atomic E-state index is 0. The van der Waals surface area contributed by atoms with Gasteiger partial charge in [0.25, 0.3) is 0 Å². The van der Waals surface area contributed by atoms with E-state index in [1.165, 1.54) is 0 Å². The van der Waals surface area contributed by atoms with Crippen molar-refractivity contribution in [2.75, 3.05) is 0 Å². The zero-order valence-electron chi connectivity index (χ0n) is 20.9. The number of fused-ring (bicyclic) bond motifs is 8. The fourth-order valence-corrected chi connectivity index (χ4v) is 5.10. The van der Waals surface area contributed by atoms with Gasteiger partial charge in [0.15, 0.2) is 0 Å². The first-order valence-corrected chi connectivity index (χ1v) is 12.6.